The molecule has 180 valence electrons. The van der Waals surface area contributed by atoms with Crippen molar-refractivity contribution in [1.82, 2.24) is 9.97 Å². The van der Waals surface area contributed by atoms with Gasteiger partial charge in [-0.05, 0) is 49.4 Å². The van der Waals surface area contributed by atoms with E-state index < -0.39 is 0 Å². The molecule has 0 N–H and O–H groups in total. The number of nitriles is 1. The van der Waals surface area contributed by atoms with E-state index in [-0.39, 0.29) is 17.8 Å². The van der Waals surface area contributed by atoms with Gasteiger partial charge in [0.25, 0.3) is 0 Å². The van der Waals surface area contributed by atoms with E-state index in [0.29, 0.717) is 25.4 Å². The molecule has 2 aliphatic rings. The topological polar surface area (TPSA) is 82.4 Å². The van der Waals surface area contributed by atoms with Gasteiger partial charge in [0.1, 0.15) is 23.5 Å². The number of nitrogens with zero attached hydrogens (tertiary/aromatic N) is 5. The summed E-state index contributed by atoms with van der Waals surface area (Å²) >= 11 is 0. The molecule has 4 rings (SSSR count). The van der Waals surface area contributed by atoms with Gasteiger partial charge in [0, 0.05) is 38.2 Å². The first-order valence-electron chi connectivity index (χ1n) is 12.5. The van der Waals surface area contributed by atoms with Crippen molar-refractivity contribution in [2.45, 2.75) is 76.9 Å². The van der Waals surface area contributed by atoms with Gasteiger partial charge in [0.2, 0.25) is 5.95 Å². The average molecular weight is 462 g/mol. The molecule has 1 aromatic heterocycles. The molecule has 1 aliphatic heterocycles. The fraction of sp³-hybridized carbons (Fsp3) is 0.556. The van der Waals surface area contributed by atoms with Crippen LogP contribution in [0.1, 0.15) is 70.3 Å². The lowest BCUT2D eigenvalue weighted by atomic mass is 9.96. The predicted octanol–water partition coefficient (Wildman–Crippen LogP) is 4.88. The second-order valence-electron chi connectivity index (χ2n) is 9.61. The molecule has 7 nitrogen and oxygen atoms in total. The number of Topliss-reactive ketones (excluding diaryl/α,β-unsaturated/α-hetero) is 1. The number of aromatic nitrogens is 2. The van der Waals surface area contributed by atoms with Crippen molar-refractivity contribution in [3.63, 3.8) is 0 Å². The van der Waals surface area contributed by atoms with Crippen molar-refractivity contribution in [2.75, 3.05) is 29.4 Å². The summed E-state index contributed by atoms with van der Waals surface area (Å²) in [6, 6.07) is 12.8. The highest BCUT2D eigenvalue weighted by atomic mass is 16.5. The van der Waals surface area contributed by atoms with Crippen LogP contribution in [0.15, 0.2) is 36.5 Å². The van der Waals surface area contributed by atoms with Crippen LogP contribution in [0.3, 0.4) is 0 Å². The number of hydrogen-bond acceptors (Lipinski definition) is 7. The standard InChI is InChI=1S/C27H35N5O2/c1-20(18-21(2)33)22-8-10-24(11-9-22)34-25-13-17-31(19-25)26-12-15-29-27(30-26)32(16-5-14-28)23-6-3-4-7-23/h8-12,15,20,23,25H,3-7,13,16-19H2,1-2H3/t20-,25-/m1/s1. The van der Waals surface area contributed by atoms with Gasteiger partial charge in [-0.3, -0.25) is 0 Å². The van der Waals surface area contributed by atoms with Gasteiger partial charge in [0.05, 0.1) is 19.0 Å². The van der Waals surface area contributed by atoms with Crippen molar-refractivity contribution < 1.29 is 9.53 Å². The molecule has 0 spiro atoms. The highest BCUT2D eigenvalue weighted by Crippen LogP contribution is 2.29. The van der Waals surface area contributed by atoms with Crippen molar-refractivity contribution >= 4 is 17.5 Å². The Bertz CT molecular complexity index is 997. The molecule has 7 heteroatoms. The van der Waals surface area contributed by atoms with Crippen LogP contribution in [0.5, 0.6) is 5.75 Å². The monoisotopic (exact) mass is 461 g/mol. The maximum Gasteiger partial charge on any atom is 0.227 e. The van der Waals surface area contributed by atoms with Crippen molar-refractivity contribution in [1.29, 1.82) is 5.26 Å². The van der Waals surface area contributed by atoms with Crippen LogP contribution >= 0.6 is 0 Å². The van der Waals surface area contributed by atoms with Gasteiger partial charge < -0.3 is 19.3 Å². The number of hydrogen-bond donors (Lipinski definition) is 0. The smallest absolute Gasteiger partial charge is 0.227 e. The van der Waals surface area contributed by atoms with Gasteiger partial charge in [-0.25, -0.2) is 4.98 Å². The van der Waals surface area contributed by atoms with Crippen LogP contribution in [0.25, 0.3) is 0 Å². The zero-order chi connectivity index (χ0) is 23.9. The minimum absolute atomic E-state index is 0.100. The third-order valence-corrected chi connectivity index (χ3v) is 6.93. The molecule has 2 heterocycles. The SMILES string of the molecule is CC(=O)C[C@@H](C)c1ccc(O[C@@H]2CCN(c3ccnc(N(CCC#N)C4CCCC4)n3)C2)cc1. The summed E-state index contributed by atoms with van der Waals surface area (Å²) in [5.74, 6) is 2.95. The molecule has 1 saturated heterocycles. The average Bonchev–Trinajstić information content (AvgIpc) is 3.52. The molecular formula is C27H35N5O2. The lowest BCUT2D eigenvalue weighted by molar-refractivity contribution is -0.117. The van der Waals surface area contributed by atoms with E-state index >= 15 is 0 Å². The lowest BCUT2D eigenvalue weighted by Crippen LogP contribution is -2.36. The van der Waals surface area contributed by atoms with Gasteiger partial charge in [-0.1, -0.05) is 31.9 Å². The summed E-state index contributed by atoms with van der Waals surface area (Å²) < 4.78 is 6.26. The Hall–Kier alpha value is -3.14. The molecule has 1 aromatic carbocycles. The van der Waals surface area contributed by atoms with Crippen LogP contribution in [-0.4, -0.2) is 47.5 Å². The summed E-state index contributed by atoms with van der Waals surface area (Å²) in [7, 11) is 0. The van der Waals surface area contributed by atoms with Crippen LogP contribution in [0, 0.1) is 11.3 Å². The molecule has 1 saturated carbocycles. The summed E-state index contributed by atoms with van der Waals surface area (Å²) in [5.41, 5.74) is 1.16. The van der Waals surface area contributed by atoms with Crippen LogP contribution < -0.4 is 14.5 Å². The second-order valence-corrected chi connectivity index (χ2v) is 9.61. The van der Waals surface area contributed by atoms with Gasteiger partial charge in [0.15, 0.2) is 0 Å². The molecule has 0 radical (unpaired) electrons. The summed E-state index contributed by atoms with van der Waals surface area (Å²) in [6.07, 6.45) is 8.66. The summed E-state index contributed by atoms with van der Waals surface area (Å²) in [4.78, 5) is 25.3. The van der Waals surface area contributed by atoms with Crippen molar-refractivity contribution in [3.05, 3.63) is 42.1 Å². The van der Waals surface area contributed by atoms with Crippen molar-refractivity contribution in [2.24, 2.45) is 0 Å². The molecule has 0 bridgehead atoms. The van der Waals surface area contributed by atoms with Gasteiger partial charge >= 0.3 is 0 Å². The highest BCUT2D eigenvalue weighted by molar-refractivity contribution is 5.76. The first kappa shape index (κ1) is 24.0. The third-order valence-electron chi connectivity index (χ3n) is 6.93. The Labute approximate surface area is 202 Å². The zero-order valence-electron chi connectivity index (χ0n) is 20.3. The zero-order valence-corrected chi connectivity index (χ0v) is 20.3. The number of anilines is 2. The molecule has 1 aliphatic carbocycles. The first-order chi connectivity index (χ1) is 16.5. The van der Waals surface area contributed by atoms with Crippen LogP contribution in [0.2, 0.25) is 0 Å². The minimum atomic E-state index is 0.100. The largest absolute Gasteiger partial charge is 0.489 e. The first-order valence-corrected chi connectivity index (χ1v) is 12.5. The summed E-state index contributed by atoms with van der Waals surface area (Å²) in [5, 5.41) is 9.11. The summed E-state index contributed by atoms with van der Waals surface area (Å²) in [6.45, 7) is 6.06. The Morgan fingerprint density at radius 1 is 1.24 bits per heavy atom. The Balaban J connectivity index is 1.37. The molecule has 2 atom stereocenters. The van der Waals surface area contributed by atoms with Crippen LogP contribution in [-0.2, 0) is 4.79 Å². The van der Waals surface area contributed by atoms with E-state index in [0.717, 1.165) is 55.4 Å². The van der Waals surface area contributed by atoms with Gasteiger partial charge in [-0.2, -0.15) is 10.2 Å². The van der Waals surface area contributed by atoms with Crippen LogP contribution in [0.4, 0.5) is 11.8 Å². The predicted molar refractivity (Wildman–Crippen MR) is 133 cm³/mol. The second kappa shape index (κ2) is 11.3. The number of ether oxygens (including phenoxy) is 1. The molecule has 2 aromatic rings. The number of benzene rings is 1. The number of rotatable bonds is 10. The molecule has 2 fully saturated rings. The van der Waals surface area contributed by atoms with E-state index in [9.17, 15) is 4.79 Å². The molecule has 34 heavy (non-hydrogen) atoms. The van der Waals surface area contributed by atoms with Crippen molar-refractivity contribution in [3.8, 4) is 11.8 Å². The Kier molecular flexibility index (Phi) is 7.99. The van der Waals surface area contributed by atoms with E-state index in [1.165, 1.54) is 12.8 Å². The van der Waals surface area contributed by atoms with E-state index in [1.807, 2.05) is 24.4 Å². The van der Waals surface area contributed by atoms with E-state index in [2.05, 4.69) is 39.9 Å². The quantitative estimate of drug-likeness (QED) is 0.499. The maximum absolute atomic E-state index is 11.4. The molecule has 0 amide bonds. The van der Waals surface area contributed by atoms with E-state index in [4.69, 9.17) is 15.0 Å². The fourth-order valence-electron chi connectivity index (χ4n) is 5.13. The maximum atomic E-state index is 11.4. The third kappa shape index (κ3) is 6.05. The highest BCUT2D eigenvalue weighted by Gasteiger charge is 2.28. The molecular weight excluding hydrogens is 426 g/mol. The number of ketones is 1. The number of carbonyl (C=O) groups excluding carboxylic acids is 1. The fourth-order valence-corrected chi connectivity index (χ4v) is 5.13. The van der Waals surface area contributed by atoms with E-state index in [1.54, 1.807) is 6.92 Å². The lowest BCUT2D eigenvalue weighted by Gasteiger charge is -2.29. The minimum Gasteiger partial charge on any atom is -0.489 e. The molecule has 0 unspecified atom stereocenters. The normalized spacial score (nSPS) is 19.1. The number of carbonyl (C=O) groups is 1. The Morgan fingerprint density at radius 2 is 2.00 bits per heavy atom. The van der Waals surface area contributed by atoms with Gasteiger partial charge in [-0.15, -0.1) is 0 Å². The Morgan fingerprint density at radius 3 is 2.71 bits per heavy atom.